The molecule has 1 amide bonds. The maximum absolute atomic E-state index is 12.6. The lowest BCUT2D eigenvalue weighted by molar-refractivity contribution is 0.0955. The number of hydrogen-bond donors (Lipinski definition) is 2. The van der Waals surface area contributed by atoms with Crippen LogP contribution in [0.3, 0.4) is 0 Å². The zero-order valence-electron chi connectivity index (χ0n) is 14.4. The van der Waals surface area contributed by atoms with Crippen molar-refractivity contribution in [1.82, 2.24) is 5.43 Å². The van der Waals surface area contributed by atoms with Gasteiger partial charge in [0, 0.05) is 11.3 Å². The molecule has 2 N–H and O–H groups in total. The van der Waals surface area contributed by atoms with Crippen LogP contribution in [0, 0.1) is 6.92 Å². The summed E-state index contributed by atoms with van der Waals surface area (Å²) in [5, 5.41) is 3.80. The van der Waals surface area contributed by atoms with Gasteiger partial charge in [-0.2, -0.15) is 5.10 Å². The molecule has 0 unspecified atom stereocenters. The first-order valence-corrected chi connectivity index (χ1v) is 9.49. The zero-order valence-corrected chi connectivity index (χ0v) is 15.2. The Kier molecular flexibility index (Phi) is 5.37. The van der Waals surface area contributed by atoms with E-state index in [4.69, 9.17) is 4.42 Å². The second kappa shape index (κ2) is 7.88. The normalized spacial score (nSPS) is 11.4. The topological polar surface area (TPSA) is 101 Å². The lowest BCUT2D eigenvalue weighted by atomic mass is 10.2. The van der Waals surface area contributed by atoms with Gasteiger partial charge in [-0.05, 0) is 48.9 Å². The van der Waals surface area contributed by atoms with Gasteiger partial charge in [0.2, 0.25) is 0 Å². The summed E-state index contributed by atoms with van der Waals surface area (Å²) >= 11 is 0. The van der Waals surface area contributed by atoms with Gasteiger partial charge in [-0.3, -0.25) is 9.52 Å². The fourth-order valence-electron chi connectivity index (χ4n) is 2.38. The molecule has 138 valence electrons. The fourth-order valence-corrected chi connectivity index (χ4v) is 3.67. The molecule has 2 aromatic carbocycles. The van der Waals surface area contributed by atoms with Crippen LogP contribution in [0.1, 0.15) is 21.7 Å². The van der Waals surface area contributed by atoms with Crippen LogP contribution in [0.5, 0.6) is 0 Å². The van der Waals surface area contributed by atoms with Crippen molar-refractivity contribution in [3.63, 3.8) is 0 Å². The van der Waals surface area contributed by atoms with Crippen molar-refractivity contribution in [3.8, 4) is 0 Å². The number of nitrogens with one attached hydrogen (secondary N) is 2. The molecule has 7 nitrogen and oxygen atoms in total. The van der Waals surface area contributed by atoms with E-state index in [1.165, 1.54) is 24.6 Å². The Morgan fingerprint density at radius 2 is 1.89 bits per heavy atom. The highest BCUT2D eigenvalue weighted by Gasteiger charge is 2.17. The van der Waals surface area contributed by atoms with Crippen LogP contribution >= 0.6 is 0 Å². The Labute approximate surface area is 156 Å². The molecular formula is C19H17N3O4S. The molecule has 0 atom stereocenters. The van der Waals surface area contributed by atoms with Crippen molar-refractivity contribution in [1.29, 1.82) is 0 Å². The molecule has 0 radical (unpaired) electrons. The number of carbonyl (C=O) groups excluding carboxylic acids is 1. The van der Waals surface area contributed by atoms with Crippen LogP contribution in [0.4, 0.5) is 5.69 Å². The predicted octanol–water partition coefficient (Wildman–Crippen LogP) is 3.15. The molecule has 0 fully saturated rings. The number of rotatable bonds is 6. The van der Waals surface area contributed by atoms with Crippen molar-refractivity contribution in [2.75, 3.05) is 4.72 Å². The van der Waals surface area contributed by atoms with E-state index in [-0.39, 0.29) is 16.1 Å². The highest BCUT2D eigenvalue weighted by molar-refractivity contribution is 7.92. The molecule has 0 bridgehead atoms. The van der Waals surface area contributed by atoms with E-state index < -0.39 is 15.9 Å². The SMILES string of the molecule is Cc1ccccc1S(=O)(=O)Nc1cccc(C(=O)N/N=C/c2ccco2)c1. The van der Waals surface area contributed by atoms with Crippen LogP contribution in [0.25, 0.3) is 0 Å². The van der Waals surface area contributed by atoms with E-state index in [9.17, 15) is 13.2 Å². The first kappa shape index (κ1) is 18.4. The Bertz CT molecular complexity index is 1070. The van der Waals surface area contributed by atoms with Crippen LogP contribution in [0.2, 0.25) is 0 Å². The molecule has 0 saturated heterocycles. The summed E-state index contributed by atoms with van der Waals surface area (Å²) < 4.78 is 32.7. The number of nitrogens with zero attached hydrogens (tertiary/aromatic N) is 1. The maximum Gasteiger partial charge on any atom is 0.271 e. The zero-order chi connectivity index (χ0) is 19.3. The Morgan fingerprint density at radius 1 is 1.07 bits per heavy atom. The summed E-state index contributed by atoms with van der Waals surface area (Å²) in [4.78, 5) is 12.4. The predicted molar refractivity (Wildman–Crippen MR) is 102 cm³/mol. The second-order valence-electron chi connectivity index (χ2n) is 5.67. The molecule has 3 aromatic rings. The van der Waals surface area contributed by atoms with Crippen molar-refractivity contribution in [3.05, 3.63) is 83.8 Å². The summed E-state index contributed by atoms with van der Waals surface area (Å²) in [6.07, 6.45) is 2.86. The van der Waals surface area contributed by atoms with Gasteiger partial charge in [-0.1, -0.05) is 24.3 Å². The highest BCUT2D eigenvalue weighted by Crippen LogP contribution is 2.19. The van der Waals surface area contributed by atoms with Gasteiger partial charge >= 0.3 is 0 Å². The van der Waals surface area contributed by atoms with E-state index in [0.29, 0.717) is 11.3 Å². The smallest absolute Gasteiger partial charge is 0.271 e. The Hall–Kier alpha value is -3.39. The molecule has 0 aliphatic carbocycles. The highest BCUT2D eigenvalue weighted by atomic mass is 32.2. The number of hydrazone groups is 1. The number of sulfonamides is 1. The molecule has 0 spiro atoms. The first-order chi connectivity index (χ1) is 13.0. The van der Waals surface area contributed by atoms with E-state index in [1.807, 2.05) is 0 Å². The van der Waals surface area contributed by atoms with Gasteiger partial charge < -0.3 is 4.42 Å². The van der Waals surface area contributed by atoms with Crippen LogP contribution in [-0.2, 0) is 10.0 Å². The monoisotopic (exact) mass is 383 g/mol. The van der Waals surface area contributed by atoms with E-state index in [0.717, 1.165) is 0 Å². The third-order valence-corrected chi connectivity index (χ3v) is 5.20. The lowest BCUT2D eigenvalue weighted by Crippen LogP contribution is -2.18. The van der Waals surface area contributed by atoms with Crippen LogP contribution < -0.4 is 10.1 Å². The van der Waals surface area contributed by atoms with E-state index in [2.05, 4.69) is 15.2 Å². The molecule has 0 aliphatic heterocycles. The molecular weight excluding hydrogens is 366 g/mol. The number of furan rings is 1. The molecule has 1 heterocycles. The number of carbonyl (C=O) groups is 1. The summed E-state index contributed by atoms with van der Waals surface area (Å²) in [6.45, 7) is 1.72. The number of aryl methyl sites for hydroxylation is 1. The lowest BCUT2D eigenvalue weighted by Gasteiger charge is -2.11. The quantitative estimate of drug-likeness (QED) is 0.504. The summed E-state index contributed by atoms with van der Waals surface area (Å²) in [6, 6.07) is 16.2. The Morgan fingerprint density at radius 3 is 2.63 bits per heavy atom. The van der Waals surface area contributed by atoms with Crippen LogP contribution in [0.15, 0.2) is 81.3 Å². The molecule has 3 rings (SSSR count). The van der Waals surface area contributed by atoms with E-state index >= 15 is 0 Å². The Balaban J connectivity index is 1.73. The summed E-state index contributed by atoms with van der Waals surface area (Å²) in [7, 11) is -3.76. The van der Waals surface area contributed by atoms with Gasteiger partial charge in [0.25, 0.3) is 15.9 Å². The van der Waals surface area contributed by atoms with Gasteiger partial charge in [-0.25, -0.2) is 13.8 Å². The van der Waals surface area contributed by atoms with Gasteiger partial charge in [-0.15, -0.1) is 0 Å². The minimum Gasteiger partial charge on any atom is -0.463 e. The molecule has 8 heteroatoms. The average molecular weight is 383 g/mol. The van der Waals surface area contributed by atoms with Crippen molar-refractivity contribution in [2.45, 2.75) is 11.8 Å². The minimum absolute atomic E-state index is 0.183. The maximum atomic E-state index is 12.6. The van der Waals surface area contributed by atoms with Gasteiger partial charge in [0.05, 0.1) is 17.4 Å². The van der Waals surface area contributed by atoms with Gasteiger partial charge in [0.1, 0.15) is 5.76 Å². The summed E-state index contributed by atoms with van der Waals surface area (Å²) in [5.41, 5.74) is 3.53. The summed E-state index contributed by atoms with van der Waals surface area (Å²) in [5.74, 6) is 0.0183. The molecule has 1 aromatic heterocycles. The van der Waals surface area contributed by atoms with Crippen LogP contribution in [-0.4, -0.2) is 20.5 Å². The minimum atomic E-state index is -3.76. The van der Waals surface area contributed by atoms with Gasteiger partial charge in [0.15, 0.2) is 0 Å². The third-order valence-electron chi connectivity index (χ3n) is 3.66. The second-order valence-corrected chi connectivity index (χ2v) is 7.32. The van der Waals surface area contributed by atoms with Crippen molar-refractivity contribution in [2.24, 2.45) is 5.10 Å². The standard InChI is InChI=1S/C19H17N3O4S/c1-14-6-2-3-10-18(14)27(24,25)22-16-8-4-7-15(12-16)19(23)21-20-13-17-9-5-11-26-17/h2-13,22H,1H3,(H,21,23)/b20-13+. The van der Waals surface area contributed by atoms with Crippen molar-refractivity contribution < 1.29 is 17.6 Å². The number of benzene rings is 2. The molecule has 0 aliphatic rings. The largest absolute Gasteiger partial charge is 0.463 e. The molecule has 27 heavy (non-hydrogen) atoms. The number of anilines is 1. The fraction of sp³-hybridized carbons (Fsp3) is 0.0526. The third kappa shape index (κ3) is 4.62. The first-order valence-electron chi connectivity index (χ1n) is 8.01. The average Bonchev–Trinajstić information content (AvgIpc) is 3.15. The number of amides is 1. The van der Waals surface area contributed by atoms with E-state index in [1.54, 1.807) is 55.5 Å². The number of hydrogen-bond acceptors (Lipinski definition) is 5. The molecule has 0 saturated carbocycles. The van der Waals surface area contributed by atoms with Crippen molar-refractivity contribution >= 4 is 27.8 Å².